The van der Waals surface area contributed by atoms with E-state index in [0.29, 0.717) is 13.0 Å². The number of benzene rings is 3. The first-order valence-electron chi connectivity index (χ1n) is 11.3. The van der Waals surface area contributed by atoms with Gasteiger partial charge < -0.3 is 4.74 Å². The third kappa shape index (κ3) is 4.15. The number of carbonyl (C=O) groups is 2. The van der Waals surface area contributed by atoms with Crippen molar-refractivity contribution in [2.45, 2.75) is 30.7 Å². The van der Waals surface area contributed by atoms with Crippen LogP contribution in [0.5, 0.6) is 0 Å². The number of hydrogen-bond acceptors (Lipinski definition) is 4. The van der Waals surface area contributed by atoms with Crippen molar-refractivity contribution >= 4 is 11.9 Å². The van der Waals surface area contributed by atoms with Crippen LogP contribution in [-0.2, 0) is 15.1 Å². The van der Waals surface area contributed by atoms with Crippen LogP contribution in [0.1, 0.15) is 29.5 Å². The molecule has 2 fully saturated rings. The van der Waals surface area contributed by atoms with Crippen molar-refractivity contribution in [1.82, 2.24) is 15.5 Å². The van der Waals surface area contributed by atoms with Gasteiger partial charge in [0.25, 0.3) is 0 Å². The van der Waals surface area contributed by atoms with E-state index in [0.717, 1.165) is 23.1 Å². The van der Waals surface area contributed by atoms with Gasteiger partial charge in [-0.2, -0.15) is 0 Å². The summed E-state index contributed by atoms with van der Waals surface area (Å²) >= 11 is 0. The van der Waals surface area contributed by atoms with Crippen molar-refractivity contribution in [3.05, 3.63) is 108 Å². The number of nitrogens with zero attached hydrogens (tertiary/aromatic N) is 1. The summed E-state index contributed by atoms with van der Waals surface area (Å²) in [6.45, 7) is 0.657. The molecule has 2 aliphatic heterocycles. The molecule has 2 aliphatic rings. The fourth-order valence-corrected chi connectivity index (χ4v) is 4.89. The lowest BCUT2D eigenvalue weighted by molar-refractivity contribution is -0.119. The molecule has 2 unspecified atom stereocenters. The molecular weight excluding hydrogens is 414 g/mol. The van der Waals surface area contributed by atoms with Crippen LogP contribution in [0, 0.1) is 0 Å². The molecule has 0 aliphatic carbocycles. The monoisotopic (exact) mass is 441 g/mol. The first-order chi connectivity index (χ1) is 16.2. The summed E-state index contributed by atoms with van der Waals surface area (Å²) in [5, 5.41) is 6.18. The van der Waals surface area contributed by atoms with Gasteiger partial charge in [-0.15, -0.1) is 0 Å². The van der Waals surface area contributed by atoms with Crippen LogP contribution >= 0.6 is 0 Å². The molecule has 3 amide bonds. The summed E-state index contributed by atoms with van der Waals surface area (Å²) in [6.07, 6.45) is 1.07. The molecule has 0 spiro atoms. The second kappa shape index (κ2) is 9.17. The minimum Gasteiger partial charge on any atom is -0.354 e. The number of ether oxygens (including phenoxy) is 1. The van der Waals surface area contributed by atoms with E-state index < -0.39 is 5.54 Å². The van der Waals surface area contributed by atoms with E-state index in [-0.39, 0.29) is 30.8 Å². The number of urea groups is 1. The number of imide groups is 1. The molecule has 2 saturated heterocycles. The molecule has 2 heterocycles. The molecule has 168 valence electrons. The van der Waals surface area contributed by atoms with Gasteiger partial charge in [0.05, 0.1) is 11.6 Å². The summed E-state index contributed by atoms with van der Waals surface area (Å²) in [6, 6.07) is 30.9. The van der Waals surface area contributed by atoms with Gasteiger partial charge in [-0.1, -0.05) is 91.0 Å². The van der Waals surface area contributed by atoms with Crippen molar-refractivity contribution in [2.24, 2.45) is 0 Å². The number of hydrogen-bond donors (Lipinski definition) is 2. The Morgan fingerprint density at radius 3 is 1.79 bits per heavy atom. The maximum absolute atomic E-state index is 12.0. The van der Waals surface area contributed by atoms with E-state index in [1.54, 1.807) is 0 Å². The Labute approximate surface area is 193 Å². The van der Waals surface area contributed by atoms with Crippen LogP contribution in [0.4, 0.5) is 4.79 Å². The fourth-order valence-electron chi connectivity index (χ4n) is 4.89. The molecular formula is C27H27N3O3. The van der Waals surface area contributed by atoms with Gasteiger partial charge in [0, 0.05) is 6.54 Å². The van der Waals surface area contributed by atoms with Crippen LogP contribution in [0.3, 0.4) is 0 Å². The lowest BCUT2D eigenvalue weighted by atomic mass is 9.77. The predicted octanol–water partition coefficient (Wildman–Crippen LogP) is 3.63. The van der Waals surface area contributed by atoms with E-state index in [1.807, 2.05) is 18.2 Å². The standard InChI is InChI=1S/C27H27N3O3/c31-24-19-30(26(32)29-24)25-17-16-23(33-25)18-28-27(20-10-4-1-5-11-20,21-12-6-2-7-13-21)22-14-8-3-9-15-22/h1-15,23,25,28H,16-19H2,(H,29,31,32). The molecule has 0 bridgehead atoms. The zero-order valence-corrected chi connectivity index (χ0v) is 18.3. The Bertz CT molecular complexity index is 1010. The zero-order chi connectivity index (χ0) is 22.7. The number of carbonyl (C=O) groups excluding carboxylic acids is 2. The third-order valence-electron chi connectivity index (χ3n) is 6.47. The minimum absolute atomic E-state index is 0.0611. The quantitative estimate of drug-likeness (QED) is 0.434. The highest BCUT2D eigenvalue weighted by Crippen LogP contribution is 2.37. The lowest BCUT2D eigenvalue weighted by Gasteiger charge is -2.38. The van der Waals surface area contributed by atoms with Gasteiger partial charge in [-0.05, 0) is 29.5 Å². The van der Waals surface area contributed by atoms with E-state index in [2.05, 4.69) is 83.4 Å². The minimum atomic E-state index is -0.563. The van der Waals surface area contributed by atoms with Crippen LogP contribution < -0.4 is 10.6 Å². The van der Waals surface area contributed by atoms with Crippen LogP contribution in [0.15, 0.2) is 91.0 Å². The second-order valence-corrected chi connectivity index (χ2v) is 8.50. The Balaban J connectivity index is 1.45. The van der Waals surface area contributed by atoms with Gasteiger partial charge in [-0.25, -0.2) is 4.79 Å². The number of nitrogens with one attached hydrogen (secondary N) is 2. The largest absolute Gasteiger partial charge is 0.354 e. The first kappa shape index (κ1) is 21.4. The lowest BCUT2D eigenvalue weighted by Crippen LogP contribution is -2.48. The summed E-state index contributed by atoms with van der Waals surface area (Å²) in [4.78, 5) is 25.1. The van der Waals surface area contributed by atoms with Crippen molar-refractivity contribution in [2.75, 3.05) is 13.1 Å². The molecule has 0 radical (unpaired) electrons. The average molecular weight is 442 g/mol. The van der Waals surface area contributed by atoms with Gasteiger partial charge in [0.1, 0.15) is 12.8 Å². The molecule has 0 saturated carbocycles. The van der Waals surface area contributed by atoms with E-state index in [1.165, 1.54) is 4.90 Å². The Kier molecular flexibility index (Phi) is 5.94. The smallest absolute Gasteiger partial charge is 0.326 e. The summed E-state index contributed by atoms with van der Waals surface area (Å²) in [5.74, 6) is -0.276. The van der Waals surface area contributed by atoms with Crippen LogP contribution in [0.25, 0.3) is 0 Å². The van der Waals surface area contributed by atoms with Gasteiger partial charge in [-0.3, -0.25) is 20.3 Å². The molecule has 5 rings (SSSR count). The van der Waals surface area contributed by atoms with E-state index in [4.69, 9.17) is 4.74 Å². The first-order valence-corrected chi connectivity index (χ1v) is 11.3. The highest BCUT2D eigenvalue weighted by atomic mass is 16.5. The zero-order valence-electron chi connectivity index (χ0n) is 18.3. The van der Waals surface area contributed by atoms with Crippen molar-refractivity contribution in [3.8, 4) is 0 Å². The topological polar surface area (TPSA) is 70.7 Å². The summed E-state index contributed by atoms with van der Waals surface area (Å²) < 4.78 is 6.22. The van der Waals surface area contributed by atoms with E-state index >= 15 is 0 Å². The Morgan fingerprint density at radius 2 is 1.33 bits per heavy atom. The normalized spacial score (nSPS) is 20.8. The molecule has 6 nitrogen and oxygen atoms in total. The molecule has 3 aromatic carbocycles. The molecule has 33 heavy (non-hydrogen) atoms. The number of amides is 3. The van der Waals surface area contributed by atoms with Crippen molar-refractivity contribution in [3.63, 3.8) is 0 Å². The Morgan fingerprint density at radius 1 is 0.818 bits per heavy atom. The van der Waals surface area contributed by atoms with Gasteiger partial charge >= 0.3 is 6.03 Å². The molecule has 6 heteroatoms. The SMILES string of the molecule is O=C1CN(C2CCC(CNC(c3ccccc3)(c3ccccc3)c3ccccc3)O2)C(=O)N1. The highest BCUT2D eigenvalue weighted by Gasteiger charge is 2.40. The van der Waals surface area contributed by atoms with Crippen molar-refractivity contribution in [1.29, 1.82) is 0 Å². The summed E-state index contributed by atoms with van der Waals surface area (Å²) in [7, 11) is 0. The predicted molar refractivity (Wildman–Crippen MR) is 125 cm³/mol. The Hall–Kier alpha value is -3.48. The molecule has 0 aromatic heterocycles. The fraction of sp³-hybridized carbons (Fsp3) is 0.259. The van der Waals surface area contributed by atoms with Crippen LogP contribution in [0.2, 0.25) is 0 Å². The van der Waals surface area contributed by atoms with Crippen LogP contribution in [-0.4, -0.2) is 42.3 Å². The van der Waals surface area contributed by atoms with Gasteiger partial charge in [0.2, 0.25) is 5.91 Å². The second-order valence-electron chi connectivity index (χ2n) is 8.50. The maximum atomic E-state index is 12.0. The molecule has 2 atom stereocenters. The third-order valence-corrected chi connectivity index (χ3v) is 6.47. The van der Waals surface area contributed by atoms with E-state index in [9.17, 15) is 9.59 Å². The van der Waals surface area contributed by atoms with Gasteiger partial charge in [0.15, 0.2) is 0 Å². The van der Waals surface area contributed by atoms with Crippen molar-refractivity contribution < 1.29 is 14.3 Å². The molecule has 2 N–H and O–H groups in total. The summed E-state index contributed by atoms with van der Waals surface area (Å²) in [5.41, 5.74) is 2.86. The number of rotatable bonds is 7. The molecule has 3 aromatic rings. The highest BCUT2D eigenvalue weighted by molar-refractivity contribution is 6.01. The average Bonchev–Trinajstić information content (AvgIpc) is 3.47. The maximum Gasteiger partial charge on any atom is 0.326 e.